The van der Waals surface area contributed by atoms with Crippen LogP contribution in [0.25, 0.3) is 0 Å². The Morgan fingerprint density at radius 1 is 1.40 bits per heavy atom. The highest BCUT2D eigenvalue weighted by molar-refractivity contribution is 6.31. The fourth-order valence-electron chi connectivity index (χ4n) is 2.25. The van der Waals surface area contributed by atoms with Crippen molar-refractivity contribution in [3.63, 3.8) is 0 Å². The summed E-state index contributed by atoms with van der Waals surface area (Å²) >= 11 is 6.36. The standard InChI is InChI=1S/C14H22ClN5/c1-5-7-16-13(12-6-8-19(4)18-12)14-11(15)9-17-20(14)10(2)3/h6,8-10,13,16H,5,7H2,1-4H3. The Balaban J connectivity index is 2.43. The molecular weight excluding hydrogens is 274 g/mol. The van der Waals surface area contributed by atoms with E-state index in [2.05, 4.69) is 36.3 Å². The summed E-state index contributed by atoms with van der Waals surface area (Å²) in [6, 6.07) is 2.24. The van der Waals surface area contributed by atoms with Crippen molar-refractivity contribution < 1.29 is 0 Å². The van der Waals surface area contributed by atoms with E-state index < -0.39 is 0 Å². The van der Waals surface area contributed by atoms with Crippen molar-refractivity contribution in [1.29, 1.82) is 0 Å². The average molecular weight is 296 g/mol. The molecule has 6 heteroatoms. The quantitative estimate of drug-likeness (QED) is 0.891. The fourth-order valence-corrected chi connectivity index (χ4v) is 2.49. The number of aromatic nitrogens is 4. The first-order valence-corrected chi connectivity index (χ1v) is 7.38. The van der Waals surface area contributed by atoms with E-state index in [0.717, 1.165) is 24.4 Å². The first-order valence-electron chi connectivity index (χ1n) is 7.00. The smallest absolute Gasteiger partial charge is 0.0955 e. The minimum absolute atomic E-state index is 0.0338. The minimum atomic E-state index is -0.0338. The molecule has 0 amide bonds. The maximum atomic E-state index is 6.36. The van der Waals surface area contributed by atoms with Gasteiger partial charge in [-0.2, -0.15) is 10.2 Å². The van der Waals surface area contributed by atoms with Gasteiger partial charge < -0.3 is 5.32 Å². The number of aryl methyl sites for hydroxylation is 1. The van der Waals surface area contributed by atoms with Crippen LogP contribution in [0.5, 0.6) is 0 Å². The summed E-state index contributed by atoms with van der Waals surface area (Å²) in [6.07, 6.45) is 4.71. The lowest BCUT2D eigenvalue weighted by Gasteiger charge is -2.20. The summed E-state index contributed by atoms with van der Waals surface area (Å²) in [5, 5.41) is 13.1. The van der Waals surface area contributed by atoms with Gasteiger partial charge in [-0.05, 0) is 32.9 Å². The monoisotopic (exact) mass is 295 g/mol. The van der Waals surface area contributed by atoms with E-state index in [1.54, 1.807) is 10.9 Å². The van der Waals surface area contributed by atoms with E-state index in [-0.39, 0.29) is 12.1 Å². The summed E-state index contributed by atoms with van der Waals surface area (Å²) in [6.45, 7) is 7.24. The van der Waals surface area contributed by atoms with Crippen molar-refractivity contribution in [3.8, 4) is 0 Å². The first kappa shape index (κ1) is 15.1. The molecule has 0 aromatic carbocycles. The molecule has 0 aliphatic carbocycles. The Kier molecular flexibility index (Phi) is 4.83. The summed E-state index contributed by atoms with van der Waals surface area (Å²) < 4.78 is 3.77. The largest absolute Gasteiger partial charge is 0.304 e. The Morgan fingerprint density at radius 3 is 2.70 bits per heavy atom. The Hall–Kier alpha value is -1.33. The zero-order chi connectivity index (χ0) is 14.7. The van der Waals surface area contributed by atoms with E-state index >= 15 is 0 Å². The molecular formula is C14H22ClN5. The lowest BCUT2D eigenvalue weighted by atomic mass is 10.1. The molecule has 0 saturated carbocycles. The topological polar surface area (TPSA) is 47.7 Å². The number of rotatable bonds is 6. The third kappa shape index (κ3) is 3.04. The minimum Gasteiger partial charge on any atom is -0.304 e. The van der Waals surface area contributed by atoms with Gasteiger partial charge in [0.2, 0.25) is 0 Å². The van der Waals surface area contributed by atoms with Crippen LogP contribution in [0.3, 0.4) is 0 Å². The van der Waals surface area contributed by atoms with Gasteiger partial charge in [0.25, 0.3) is 0 Å². The molecule has 0 spiro atoms. The maximum absolute atomic E-state index is 6.36. The van der Waals surface area contributed by atoms with Crippen LogP contribution < -0.4 is 5.32 Å². The number of halogens is 1. The van der Waals surface area contributed by atoms with Gasteiger partial charge in [-0.1, -0.05) is 18.5 Å². The average Bonchev–Trinajstić information content (AvgIpc) is 2.98. The molecule has 0 fully saturated rings. The molecule has 1 N–H and O–H groups in total. The molecule has 110 valence electrons. The summed E-state index contributed by atoms with van der Waals surface area (Å²) in [5.74, 6) is 0. The lowest BCUT2D eigenvalue weighted by molar-refractivity contribution is 0.466. The van der Waals surface area contributed by atoms with Crippen LogP contribution in [0.15, 0.2) is 18.5 Å². The Labute approximate surface area is 124 Å². The number of nitrogens with one attached hydrogen (secondary N) is 1. The SMILES string of the molecule is CCCNC(c1ccn(C)n1)c1c(Cl)cnn1C(C)C. The predicted molar refractivity (Wildman–Crippen MR) is 81.0 cm³/mol. The van der Waals surface area contributed by atoms with E-state index in [0.29, 0.717) is 5.02 Å². The Bertz CT molecular complexity index is 558. The molecule has 0 radical (unpaired) electrons. The van der Waals surface area contributed by atoms with Crippen molar-refractivity contribution in [3.05, 3.63) is 34.9 Å². The number of hydrogen-bond donors (Lipinski definition) is 1. The van der Waals surface area contributed by atoms with E-state index in [4.69, 9.17) is 11.6 Å². The molecule has 2 heterocycles. The number of nitrogens with zero attached hydrogens (tertiary/aromatic N) is 4. The molecule has 1 unspecified atom stereocenters. The second-order valence-corrected chi connectivity index (χ2v) is 5.62. The molecule has 2 rings (SSSR count). The first-order chi connectivity index (χ1) is 9.54. The molecule has 20 heavy (non-hydrogen) atoms. The van der Waals surface area contributed by atoms with Crippen molar-refractivity contribution >= 4 is 11.6 Å². The molecule has 0 bridgehead atoms. The normalized spacial score (nSPS) is 13.1. The van der Waals surface area contributed by atoms with Crippen LogP contribution in [0.1, 0.15) is 50.7 Å². The molecule has 0 aliphatic rings. The highest BCUT2D eigenvalue weighted by Gasteiger charge is 2.24. The van der Waals surface area contributed by atoms with Gasteiger partial charge in [0, 0.05) is 19.3 Å². The van der Waals surface area contributed by atoms with E-state index in [9.17, 15) is 0 Å². The van der Waals surface area contributed by atoms with Gasteiger partial charge in [0.15, 0.2) is 0 Å². The van der Waals surface area contributed by atoms with Crippen molar-refractivity contribution in [2.75, 3.05) is 6.54 Å². The fraction of sp³-hybridized carbons (Fsp3) is 0.571. The molecule has 1 atom stereocenters. The second kappa shape index (κ2) is 6.41. The Morgan fingerprint density at radius 2 is 2.15 bits per heavy atom. The van der Waals surface area contributed by atoms with Crippen LogP contribution in [0.4, 0.5) is 0 Å². The molecule has 2 aromatic heterocycles. The van der Waals surface area contributed by atoms with E-state index in [1.807, 2.05) is 24.0 Å². The van der Waals surface area contributed by atoms with Gasteiger partial charge in [0.05, 0.1) is 28.6 Å². The van der Waals surface area contributed by atoms with Gasteiger partial charge in [-0.3, -0.25) is 9.36 Å². The van der Waals surface area contributed by atoms with Crippen molar-refractivity contribution in [2.45, 2.75) is 39.3 Å². The van der Waals surface area contributed by atoms with Crippen LogP contribution in [-0.4, -0.2) is 26.1 Å². The zero-order valence-electron chi connectivity index (χ0n) is 12.5. The lowest BCUT2D eigenvalue weighted by Crippen LogP contribution is -2.27. The highest BCUT2D eigenvalue weighted by atomic mass is 35.5. The summed E-state index contributed by atoms with van der Waals surface area (Å²) in [7, 11) is 1.92. The van der Waals surface area contributed by atoms with Crippen LogP contribution >= 0.6 is 11.6 Å². The zero-order valence-corrected chi connectivity index (χ0v) is 13.2. The van der Waals surface area contributed by atoms with Crippen molar-refractivity contribution in [2.24, 2.45) is 7.05 Å². The van der Waals surface area contributed by atoms with Crippen LogP contribution in [-0.2, 0) is 7.05 Å². The van der Waals surface area contributed by atoms with Crippen molar-refractivity contribution in [1.82, 2.24) is 24.9 Å². The number of hydrogen-bond acceptors (Lipinski definition) is 3. The maximum Gasteiger partial charge on any atom is 0.0955 e. The van der Waals surface area contributed by atoms with Crippen LogP contribution in [0.2, 0.25) is 5.02 Å². The summed E-state index contributed by atoms with van der Waals surface area (Å²) in [5.41, 5.74) is 1.94. The van der Waals surface area contributed by atoms with Gasteiger partial charge in [-0.25, -0.2) is 0 Å². The predicted octanol–water partition coefficient (Wildman–Crippen LogP) is 2.94. The van der Waals surface area contributed by atoms with Gasteiger partial charge >= 0.3 is 0 Å². The highest BCUT2D eigenvalue weighted by Crippen LogP contribution is 2.29. The second-order valence-electron chi connectivity index (χ2n) is 5.22. The van der Waals surface area contributed by atoms with Gasteiger partial charge in [0.1, 0.15) is 0 Å². The summed E-state index contributed by atoms with van der Waals surface area (Å²) in [4.78, 5) is 0. The molecule has 0 aliphatic heterocycles. The van der Waals surface area contributed by atoms with Crippen LogP contribution in [0, 0.1) is 0 Å². The molecule has 5 nitrogen and oxygen atoms in total. The molecule has 0 saturated heterocycles. The molecule has 2 aromatic rings. The van der Waals surface area contributed by atoms with E-state index in [1.165, 1.54) is 0 Å². The third-order valence-corrected chi connectivity index (χ3v) is 3.47. The third-order valence-electron chi connectivity index (χ3n) is 3.18. The van der Waals surface area contributed by atoms with Gasteiger partial charge in [-0.15, -0.1) is 0 Å².